The molecule has 0 bridgehead atoms. The summed E-state index contributed by atoms with van der Waals surface area (Å²) in [6.45, 7) is 7.25. The lowest BCUT2D eigenvalue weighted by molar-refractivity contribution is -0.133. The predicted octanol–water partition coefficient (Wildman–Crippen LogP) is 5.01. The molecule has 170 valence electrons. The SMILES string of the molecule is CCOc1ccccc1[C@@H]1c2[nH]c3ccccc3c2CCN1C(=O)CCc1c(C)n[nH]c1C. The zero-order valence-corrected chi connectivity index (χ0v) is 19.4. The third kappa shape index (κ3) is 3.80. The average molecular weight is 443 g/mol. The van der Waals surface area contributed by atoms with E-state index in [9.17, 15) is 4.79 Å². The molecule has 1 aliphatic heterocycles. The molecule has 1 atom stereocenters. The van der Waals surface area contributed by atoms with Crippen molar-refractivity contribution >= 4 is 16.8 Å². The largest absolute Gasteiger partial charge is 0.494 e. The molecule has 2 aromatic carbocycles. The molecule has 0 saturated carbocycles. The third-order valence-corrected chi connectivity index (χ3v) is 6.74. The topological polar surface area (TPSA) is 74.0 Å². The van der Waals surface area contributed by atoms with Crippen molar-refractivity contribution in [3.05, 3.63) is 82.3 Å². The molecule has 33 heavy (non-hydrogen) atoms. The minimum absolute atomic E-state index is 0.149. The minimum atomic E-state index is -0.206. The first kappa shape index (κ1) is 21.3. The highest BCUT2D eigenvalue weighted by Crippen LogP contribution is 2.41. The third-order valence-electron chi connectivity index (χ3n) is 6.74. The van der Waals surface area contributed by atoms with Crippen molar-refractivity contribution in [1.29, 1.82) is 0 Å². The predicted molar refractivity (Wildman–Crippen MR) is 130 cm³/mol. The summed E-state index contributed by atoms with van der Waals surface area (Å²) >= 11 is 0. The van der Waals surface area contributed by atoms with Gasteiger partial charge in [0.15, 0.2) is 0 Å². The molecule has 1 aliphatic rings. The quantitative estimate of drug-likeness (QED) is 0.441. The van der Waals surface area contributed by atoms with Crippen LogP contribution >= 0.6 is 0 Å². The van der Waals surface area contributed by atoms with Gasteiger partial charge in [-0.05, 0) is 56.9 Å². The zero-order chi connectivity index (χ0) is 22.9. The zero-order valence-electron chi connectivity index (χ0n) is 19.4. The van der Waals surface area contributed by atoms with Crippen LogP contribution in [0, 0.1) is 13.8 Å². The van der Waals surface area contributed by atoms with Gasteiger partial charge in [0, 0.05) is 40.8 Å². The van der Waals surface area contributed by atoms with E-state index in [1.165, 1.54) is 10.9 Å². The van der Waals surface area contributed by atoms with Crippen LogP contribution in [0.4, 0.5) is 0 Å². The summed E-state index contributed by atoms with van der Waals surface area (Å²) in [6, 6.07) is 16.3. The highest BCUT2D eigenvalue weighted by Gasteiger charge is 2.35. The molecule has 0 spiro atoms. The molecular weight excluding hydrogens is 412 g/mol. The number of carbonyl (C=O) groups is 1. The summed E-state index contributed by atoms with van der Waals surface area (Å²) in [5, 5.41) is 8.55. The molecule has 2 aromatic heterocycles. The van der Waals surface area contributed by atoms with Crippen LogP contribution in [0.2, 0.25) is 0 Å². The Balaban J connectivity index is 1.55. The number of amides is 1. The Morgan fingerprint density at radius 3 is 2.73 bits per heavy atom. The van der Waals surface area contributed by atoms with Gasteiger partial charge in [-0.3, -0.25) is 9.89 Å². The number of aryl methyl sites for hydroxylation is 2. The number of H-pyrrole nitrogens is 2. The van der Waals surface area contributed by atoms with E-state index < -0.39 is 0 Å². The first-order valence-electron chi connectivity index (χ1n) is 11.7. The molecule has 0 radical (unpaired) electrons. The number of hydrogen-bond acceptors (Lipinski definition) is 3. The lowest BCUT2D eigenvalue weighted by atomic mass is 9.91. The Morgan fingerprint density at radius 2 is 1.94 bits per heavy atom. The van der Waals surface area contributed by atoms with E-state index in [0.29, 0.717) is 26.0 Å². The Bertz CT molecular complexity index is 1280. The van der Waals surface area contributed by atoms with Crippen LogP contribution in [-0.2, 0) is 17.6 Å². The van der Waals surface area contributed by atoms with Crippen molar-refractivity contribution in [1.82, 2.24) is 20.1 Å². The Kier molecular flexibility index (Phi) is 5.67. The highest BCUT2D eigenvalue weighted by molar-refractivity contribution is 5.86. The molecule has 0 aliphatic carbocycles. The molecular formula is C27H30N4O2. The van der Waals surface area contributed by atoms with Crippen molar-refractivity contribution in [2.75, 3.05) is 13.2 Å². The number of aromatic nitrogens is 3. The van der Waals surface area contributed by atoms with E-state index in [0.717, 1.165) is 45.9 Å². The Morgan fingerprint density at radius 1 is 1.15 bits per heavy atom. The molecule has 4 aromatic rings. The molecule has 0 saturated heterocycles. The van der Waals surface area contributed by atoms with Gasteiger partial charge >= 0.3 is 0 Å². The molecule has 6 heteroatoms. The lowest BCUT2D eigenvalue weighted by Crippen LogP contribution is -2.41. The number of nitrogens with one attached hydrogen (secondary N) is 2. The van der Waals surface area contributed by atoms with E-state index in [4.69, 9.17) is 4.74 Å². The number of para-hydroxylation sites is 2. The van der Waals surface area contributed by atoms with Gasteiger partial charge in [0.05, 0.1) is 12.3 Å². The van der Waals surface area contributed by atoms with Crippen LogP contribution in [0.3, 0.4) is 0 Å². The second-order valence-electron chi connectivity index (χ2n) is 8.69. The molecule has 0 fully saturated rings. The molecule has 0 unspecified atom stereocenters. The number of nitrogens with zero attached hydrogens (tertiary/aromatic N) is 2. The second-order valence-corrected chi connectivity index (χ2v) is 8.69. The number of aromatic amines is 2. The van der Waals surface area contributed by atoms with Crippen LogP contribution in [0.25, 0.3) is 10.9 Å². The van der Waals surface area contributed by atoms with Crippen LogP contribution in [0.5, 0.6) is 5.75 Å². The summed E-state index contributed by atoms with van der Waals surface area (Å²) < 4.78 is 5.99. The maximum absolute atomic E-state index is 13.6. The van der Waals surface area contributed by atoms with Crippen LogP contribution in [0.15, 0.2) is 48.5 Å². The van der Waals surface area contributed by atoms with E-state index in [2.05, 4.69) is 39.4 Å². The van der Waals surface area contributed by atoms with Crippen LogP contribution in [-0.4, -0.2) is 39.1 Å². The number of ether oxygens (including phenoxy) is 1. The van der Waals surface area contributed by atoms with Gasteiger partial charge in [-0.15, -0.1) is 0 Å². The van der Waals surface area contributed by atoms with E-state index in [-0.39, 0.29) is 11.9 Å². The van der Waals surface area contributed by atoms with E-state index in [1.54, 1.807) is 0 Å². The monoisotopic (exact) mass is 442 g/mol. The van der Waals surface area contributed by atoms with Gasteiger partial charge in [-0.1, -0.05) is 36.4 Å². The Hall–Kier alpha value is -3.54. The smallest absolute Gasteiger partial charge is 0.223 e. The van der Waals surface area contributed by atoms with Crippen molar-refractivity contribution in [2.45, 2.75) is 46.1 Å². The highest BCUT2D eigenvalue weighted by atomic mass is 16.5. The van der Waals surface area contributed by atoms with Gasteiger partial charge in [-0.2, -0.15) is 5.10 Å². The summed E-state index contributed by atoms with van der Waals surface area (Å²) in [5.74, 6) is 0.978. The minimum Gasteiger partial charge on any atom is -0.494 e. The van der Waals surface area contributed by atoms with Gasteiger partial charge < -0.3 is 14.6 Å². The van der Waals surface area contributed by atoms with Crippen molar-refractivity contribution in [3.8, 4) is 5.75 Å². The first-order valence-corrected chi connectivity index (χ1v) is 11.7. The van der Waals surface area contributed by atoms with Crippen LogP contribution < -0.4 is 4.74 Å². The average Bonchev–Trinajstić information content (AvgIpc) is 3.36. The van der Waals surface area contributed by atoms with Gasteiger partial charge in [0.25, 0.3) is 0 Å². The summed E-state index contributed by atoms with van der Waals surface area (Å²) in [5.41, 5.74) is 7.67. The number of fused-ring (bicyclic) bond motifs is 3. The summed E-state index contributed by atoms with van der Waals surface area (Å²) in [4.78, 5) is 19.3. The first-order chi connectivity index (χ1) is 16.1. The number of carbonyl (C=O) groups excluding carboxylic acids is 1. The van der Waals surface area contributed by atoms with Gasteiger partial charge in [-0.25, -0.2) is 0 Å². The van der Waals surface area contributed by atoms with Gasteiger partial charge in [0.2, 0.25) is 5.91 Å². The van der Waals surface area contributed by atoms with Crippen molar-refractivity contribution in [2.24, 2.45) is 0 Å². The van der Waals surface area contributed by atoms with Crippen LogP contribution in [0.1, 0.15) is 53.2 Å². The second kappa shape index (κ2) is 8.77. The summed E-state index contributed by atoms with van der Waals surface area (Å²) in [6.07, 6.45) is 1.97. The number of benzene rings is 2. The summed E-state index contributed by atoms with van der Waals surface area (Å²) in [7, 11) is 0. The van der Waals surface area contributed by atoms with Crippen molar-refractivity contribution < 1.29 is 9.53 Å². The molecule has 2 N–H and O–H groups in total. The number of hydrogen-bond donors (Lipinski definition) is 2. The fraction of sp³-hybridized carbons (Fsp3) is 0.333. The van der Waals surface area contributed by atoms with E-state index in [1.807, 2.05) is 49.9 Å². The lowest BCUT2D eigenvalue weighted by Gasteiger charge is -2.37. The Labute approximate surface area is 194 Å². The normalized spacial score (nSPS) is 15.6. The van der Waals surface area contributed by atoms with Crippen molar-refractivity contribution in [3.63, 3.8) is 0 Å². The fourth-order valence-corrected chi connectivity index (χ4v) is 5.14. The van der Waals surface area contributed by atoms with E-state index >= 15 is 0 Å². The maximum atomic E-state index is 13.6. The fourth-order valence-electron chi connectivity index (χ4n) is 5.14. The molecule has 5 rings (SSSR count). The standard InChI is InChI=1S/C27H30N4O2/c1-4-33-24-12-8-6-10-22(24)27-26-21(20-9-5-7-11-23(20)28-26)15-16-31(27)25(32)14-13-19-17(2)29-30-18(19)3/h5-12,27-28H,4,13-16H2,1-3H3,(H,29,30)/t27-/m1/s1. The number of rotatable bonds is 6. The molecule has 1 amide bonds. The van der Waals surface area contributed by atoms with Gasteiger partial charge in [0.1, 0.15) is 11.8 Å². The molecule has 6 nitrogen and oxygen atoms in total. The molecule has 3 heterocycles. The maximum Gasteiger partial charge on any atom is 0.223 e.